The molecule has 6 heteroatoms. The van der Waals surface area contributed by atoms with Crippen LogP contribution in [0.25, 0.3) is 0 Å². The van der Waals surface area contributed by atoms with Crippen LogP contribution in [0.1, 0.15) is 23.0 Å². The van der Waals surface area contributed by atoms with Crippen LogP contribution in [0.3, 0.4) is 0 Å². The van der Waals surface area contributed by atoms with Crippen molar-refractivity contribution >= 4 is 17.4 Å². The van der Waals surface area contributed by atoms with Gasteiger partial charge in [-0.05, 0) is 25.1 Å². The SMILES string of the molecule is CC(=O)c1ccc(Oc2nccnc2C#N)c(Cl)c1. The number of aromatic nitrogens is 2. The minimum absolute atomic E-state index is 0.0641. The lowest BCUT2D eigenvalue weighted by Crippen LogP contribution is -1.96. The lowest BCUT2D eigenvalue weighted by molar-refractivity contribution is 0.101. The van der Waals surface area contributed by atoms with Crippen molar-refractivity contribution in [2.75, 3.05) is 0 Å². The van der Waals surface area contributed by atoms with Gasteiger partial charge in [0.15, 0.2) is 5.78 Å². The molecule has 2 aromatic rings. The Morgan fingerprint density at radius 3 is 2.74 bits per heavy atom. The van der Waals surface area contributed by atoms with E-state index in [1.54, 1.807) is 12.1 Å². The van der Waals surface area contributed by atoms with E-state index in [9.17, 15) is 4.79 Å². The fourth-order valence-corrected chi connectivity index (χ4v) is 1.60. The molecule has 0 aliphatic heterocycles. The first-order valence-corrected chi connectivity index (χ1v) is 5.69. The molecule has 0 fully saturated rings. The Kier molecular flexibility index (Phi) is 3.74. The number of halogens is 1. The normalized spacial score (nSPS) is 9.74. The summed E-state index contributed by atoms with van der Waals surface area (Å²) in [6.45, 7) is 1.45. The van der Waals surface area contributed by atoms with Crippen molar-refractivity contribution in [3.05, 3.63) is 46.9 Å². The molecular weight excluding hydrogens is 266 g/mol. The van der Waals surface area contributed by atoms with Gasteiger partial charge in [0.1, 0.15) is 11.8 Å². The van der Waals surface area contributed by atoms with Crippen LogP contribution in [0.2, 0.25) is 5.02 Å². The molecule has 1 heterocycles. The van der Waals surface area contributed by atoms with Crippen LogP contribution in [0.5, 0.6) is 11.6 Å². The first kappa shape index (κ1) is 13.0. The Hall–Kier alpha value is -2.45. The number of nitrogens with zero attached hydrogens (tertiary/aromatic N) is 3. The lowest BCUT2D eigenvalue weighted by atomic mass is 10.1. The van der Waals surface area contributed by atoms with Gasteiger partial charge in [-0.1, -0.05) is 11.6 Å². The van der Waals surface area contributed by atoms with E-state index in [-0.39, 0.29) is 22.4 Å². The summed E-state index contributed by atoms with van der Waals surface area (Å²) in [6.07, 6.45) is 2.81. The second kappa shape index (κ2) is 5.46. The Balaban J connectivity index is 2.34. The number of nitriles is 1. The van der Waals surface area contributed by atoms with Crippen molar-refractivity contribution in [3.8, 4) is 17.7 Å². The Morgan fingerprint density at radius 1 is 1.37 bits per heavy atom. The fraction of sp³-hybridized carbons (Fsp3) is 0.0769. The van der Waals surface area contributed by atoms with Crippen molar-refractivity contribution in [1.29, 1.82) is 5.26 Å². The highest BCUT2D eigenvalue weighted by Gasteiger charge is 2.11. The van der Waals surface area contributed by atoms with E-state index in [1.165, 1.54) is 25.4 Å². The summed E-state index contributed by atoms with van der Waals surface area (Å²) in [6, 6.07) is 6.51. The number of Topliss-reactive ketones (excluding diaryl/α,β-unsaturated/α-hetero) is 1. The summed E-state index contributed by atoms with van der Waals surface area (Å²) in [4.78, 5) is 18.9. The van der Waals surface area contributed by atoms with E-state index >= 15 is 0 Å². The van der Waals surface area contributed by atoms with Crippen LogP contribution in [-0.4, -0.2) is 15.8 Å². The second-order valence-corrected chi connectivity index (χ2v) is 4.03. The van der Waals surface area contributed by atoms with Crippen molar-refractivity contribution < 1.29 is 9.53 Å². The smallest absolute Gasteiger partial charge is 0.256 e. The van der Waals surface area contributed by atoms with Gasteiger partial charge in [-0.25, -0.2) is 9.97 Å². The Morgan fingerprint density at radius 2 is 2.11 bits per heavy atom. The maximum Gasteiger partial charge on any atom is 0.256 e. The van der Waals surface area contributed by atoms with E-state index in [0.29, 0.717) is 11.3 Å². The fourth-order valence-electron chi connectivity index (χ4n) is 1.38. The highest BCUT2D eigenvalue weighted by Crippen LogP contribution is 2.30. The van der Waals surface area contributed by atoms with Gasteiger partial charge >= 0.3 is 0 Å². The zero-order chi connectivity index (χ0) is 13.8. The second-order valence-electron chi connectivity index (χ2n) is 3.63. The number of carbonyl (C=O) groups is 1. The van der Waals surface area contributed by atoms with Gasteiger partial charge in [0.2, 0.25) is 5.69 Å². The molecule has 1 aromatic heterocycles. The molecule has 0 spiro atoms. The van der Waals surface area contributed by atoms with E-state index in [4.69, 9.17) is 21.6 Å². The third-order valence-corrected chi connectivity index (χ3v) is 2.61. The van der Waals surface area contributed by atoms with Gasteiger partial charge in [-0.2, -0.15) is 5.26 Å². The average Bonchev–Trinajstić information content (AvgIpc) is 2.41. The molecule has 2 rings (SSSR count). The molecule has 0 unspecified atom stereocenters. The minimum Gasteiger partial charge on any atom is -0.435 e. The molecular formula is C13H8ClN3O2. The first-order chi connectivity index (χ1) is 9.11. The molecule has 0 amide bonds. The number of carbonyl (C=O) groups excluding carboxylic acids is 1. The lowest BCUT2D eigenvalue weighted by Gasteiger charge is -2.07. The molecule has 0 saturated carbocycles. The zero-order valence-corrected chi connectivity index (χ0v) is 10.7. The van der Waals surface area contributed by atoms with Crippen molar-refractivity contribution in [2.24, 2.45) is 0 Å². The summed E-state index contributed by atoms with van der Waals surface area (Å²) < 4.78 is 5.43. The van der Waals surface area contributed by atoms with Gasteiger partial charge in [0.05, 0.1) is 5.02 Å². The molecule has 19 heavy (non-hydrogen) atoms. The summed E-state index contributed by atoms with van der Waals surface area (Å²) in [5, 5.41) is 9.14. The van der Waals surface area contributed by atoms with Crippen LogP contribution in [-0.2, 0) is 0 Å². The van der Waals surface area contributed by atoms with Crippen LogP contribution in [0.4, 0.5) is 0 Å². The molecule has 0 N–H and O–H groups in total. The molecule has 0 atom stereocenters. The zero-order valence-electron chi connectivity index (χ0n) is 9.92. The van der Waals surface area contributed by atoms with Gasteiger partial charge in [0.25, 0.3) is 5.88 Å². The summed E-state index contributed by atoms with van der Waals surface area (Å²) in [7, 11) is 0. The van der Waals surface area contributed by atoms with Crippen LogP contribution in [0.15, 0.2) is 30.6 Å². The van der Waals surface area contributed by atoms with Gasteiger partial charge in [0, 0.05) is 18.0 Å². The highest BCUT2D eigenvalue weighted by atomic mass is 35.5. The minimum atomic E-state index is -0.0920. The molecule has 0 saturated heterocycles. The standard InChI is InChI=1S/C13H8ClN3O2/c1-8(18)9-2-3-12(10(14)6-9)19-13-11(7-15)16-4-5-17-13/h2-6H,1H3. The molecule has 0 bridgehead atoms. The molecule has 0 aliphatic rings. The predicted octanol–water partition coefficient (Wildman–Crippen LogP) is 3.00. The monoisotopic (exact) mass is 273 g/mol. The largest absolute Gasteiger partial charge is 0.435 e. The Bertz CT molecular complexity index is 680. The van der Waals surface area contributed by atoms with Gasteiger partial charge < -0.3 is 4.74 Å². The van der Waals surface area contributed by atoms with Crippen molar-refractivity contribution in [1.82, 2.24) is 9.97 Å². The van der Waals surface area contributed by atoms with Crippen LogP contribution >= 0.6 is 11.6 Å². The van der Waals surface area contributed by atoms with Crippen molar-refractivity contribution in [2.45, 2.75) is 6.92 Å². The third-order valence-electron chi connectivity index (χ3n) is 2.32. The molecule has 0 radical (unpaired) electrons. The van der Waals surface area contributed by atoms with E-state index in [0.717, 1.165) is 0 Å². The highest BCUT2D eigenvalue weighted by molar-refractivity contribution is 6.32. The third kappa shape index (κ3) is 2.87. The number of hydrogen-bond donors (Lipinski definition) is 0. The number of hydrogen-bond acceptors (Lipinski definition) is 5. The number of ketones is 1. The topological polar surface area (TPSA) is 75.9 Å². The number of benzene rings is 1. The summed E-state index contributed by atoms with van der Waals surface area (Å²) >= 11 is 6.01. The van der Waals surface area contributed by atoms with Gasteiger partial charge in [-0.15, -0.1) is 0 Å². The molecule has 0 aliphatic carbocycles. The summed E-state index contributed by atoms with van der Waals surface area (Å²) in [5.74, 6) is 0.289. The van der Waals surface area contributed by atoms with E-state index in [2.05, 4.69) is 9.97 Å². The van der Waals surface area contributed by atoms with Gasteiger partial charge in [-0.3, -0.25) is 4.79 Å². The van der Waals surface area contributed by atoms with Crippen LogP contribution in [0, 0.1) is 11.3 Å². The van der Waals surface area contributed by atoms with E-state index < -0.39 is 0 Å². The van der Waals surface area contributed by atoms with Crippen molar-refractivity contribution in [3.63, 3.8) is 0 Å². The summed E-state index contributed by atoms with van der Waals surface area (Å²) in [5.41, 5.74) is 0.547. The molecule has 5 nitrogen and oxygen atoms in total. The Labute approximate surface area is 114 Å². The maximum absolute atomic E-state index is 11.2. The quantitative estimate of drug-likeness (QED) is 0.804. The maximum atomic E-state index is 11.2. The average molecular weight is 274 g/mol. The molecule has 94 valence electrons. The van der Waals surface area contributed by atoms with E-state index in [1.807, 2.05) is 6.07 Å². The molecule has 1 aromatic carbocycles. The number of rotatable bonds is 3. The first-order valence-electron chi connectivity index (χ1n) is 5.31. The van der Waals surface area contributed by atoms with Crippen LogP contribution < -0.4 is 4.74 Å². The predicted molar refractivity (Wildman–Crippen MR) is 68.3 cm³/mol. The number of ether oxygens (including phenoxy) is 1.